The third-order valence-corrected chi connectivity index (χ3v) is 5.78. The Labute approximate surface area is 210 Å². The van der Waals surface area contributed by atoms with E-state index >= 15 is 0 Å². The van der Waals surface area contributed by atoms with E-state index in [4.69, 9.17) is 9.47 Å². The molecule has 1 saturated heterocycles. The highest BCUT2D eigenvalue weighted by atomic mass is 127. The SMILES string of the molecule is CN=C(NCc1nncn1-c1ccccc1)N1CCN(Cc2ccc3c(c2)OCO3)CC1.I. The number of aromatic nitrogens is 3. The first-order valence-electron chi connectivity index (χ1n) is 10.8. The van der Waals surface area contributed by atoms with Crippen LogP contribution in [0.5, 0.6) is 11.5 Å². The molecule has 2 aromatic carbocycles. The number of hydrogen-bond acceptors (Lipinski definition) is 6. The highest BCUT2D eigenvalue weighted by Crippen LogP contribution is 2.32. The van der Waals surface area contributed by atoms with Crippen molar-refractivity contribution in [3.8, 4) is 17.2 Å². The lowest BCUT2D eigenvalue weighted by molar-refractivity contribution is 0.171. The van der Waals surface area contributed by atoms with E-state index in [0.29, 0.717) is 13.3 Å². The summed E-state index contributed by atoms with van der Waals surface area (Å²) >= 11 is 0. The van der Waals surface area contributed by atoms with Gasteiger partial charge in [-0.2, -0.15) is 0 Å². The van der Waals surface area contributed by atoms with Crippen LogP contribution in [0.3, 0.4) is 0 Å². The molecule has 0 saturated carbocycles. The fourth-order valence-corrected chi connectivity index (χ4v) is 4.09. The Morgan fingerprint density at radius 2 is 1.82 bits per heavy atom. The van der Waals surface area contributed by atoms with Crippen LogP contribution in [-0.2, 0) is 13.1 Å². The Balaban J connectivity index is 0.00000259. The summed E-state index contributed by atoms with van der Waals surface area (Å²) in [4.78, 5) is 9.23. The second kappa shape index (κ2) is 10.8. The quantitative estimate of drug-likeness (QED) is 0.292. The maximum absolute atomic E-state index is 5.50. The van der Waals surface area contributed by atoms with Crippen molar-refractivity contribution in [3.63, 3.8) is 0 Å². The topological polar surface area (TPSA) is 80.0 Å². The summed E-state index contributed by atoms with van der Waals surface area (Å²) in [5.74, 6) is 3.40. The summed E-state index contributed by atoms with van der Waals surface area (Å²) in [6.07, 6.45) is 1.74. The number of nitrogens with one attached hydrogen (secondary N) is 1. The molecule has 174 valence electrons. The molecule has 0 aliphatic carbocycles. The monoisotopic (exact) mass is 561 g/mol. The van der Waals surface area contributed by atoms with E-state index in [2.05, 4.69) is 42.4 Å². The van der Waals surface area contributed by atoms with Crippen molar-refractivity contribution in [2.45, 2.75) is 13.1 Å². The molecule has 0 spiro atoms. The molecule has 1 aromatic heterocycles. The lowest BCUT2D eigenvalue weighted by Crippen LogP contribution is -2.52. The van der Waals surface area contributed by atoms with Gasteiger partial charge in [0.15, 0.2) is 23.3 Å². The molecule has 1 fully saturated rings. The molecule has 0 unspecified atom stereocenters. The van der Waals surface area contributed by atoms with E-state index in [1.165, 1.54) is 5.56 Å². The zero-order valence-corrected chi connectivity index (χ0v) is 20.9. The molecule has 0 radical (unpaired) electrons. The van der Waals surface area contributed by atoms with Crippen molar-refractivity contribution >= 4 is 29.9 Å². The van der Waals surface area contributed by atoms with Crippen LogP contribution in [0.25, 0.3) is 5.69 Å². The Morgan fingerprint density at radius 1 is 1.03 bits per heavy atom. The summed E-state index contributed by atoms with van der Waals surface area (Å²) in [6.45, 7) is 5.52. The highest BCUT2D eigenvalue weighted by Gasteiger charge is 2.21. The largest absolute Gasteiger partial charge is 0.454 e. The van der Waals surface area contributed by atoms with Gasteiger partial charge in [-0.3, -0.25) is 14.5 Å². The van der Waals surface area contributed by atoms with Gasteiger partial charge in [-0.05, 0) is 29.8 Å². The Hall–Kier alpha value is -2.86. The van der Waals surface area contributed by atoms with Crippen LogP contribution in [0.4, 0.5) is 0 Å². The molecule has 9 nitrogen and oxygen atoms in total. The van der Waals surface area contributed by atoms with Gasteiger partial charge in [0.2, 0.25) is 6.79 Å². The molecular formula is C23H28IN7O2. The van der Waals surface area contributed by atoms with Crippen molar-refractivity contribution in [2.24, 2.45) is 4.99 Å². The maximum atomic E-state index is 5.50. The number of rotatable bonds is 5. The smallest absolute Gasteiger partial charge is 0.231 e. The molecule has 3 heterocycles. The number of halogens is 1. The minimum atomic E-state index is 0. The zero-order valence-electron chi connectivity index (χ0n) is 18.6. The number of fused-ring (bicyclic) bond motifs is 1. The maximum Gasteiger partial charge on any atom is 0.231 e. The van der Waals surface area contributed by atoms with Crippen molar-refractivity contribution in [3.05, 3.63) is 66.2 Å². The molecule has 3 aromatic rings. The van der Waals surface area contributed by atoms with Crippen LogP contribution in [0, 0.1) is 0 Å². The molecule has 33 heavy (non-hydrogen) atoms. The van der Waals surface area contributed by atoms with E-state index in [9.17, 15) is 0 Å². The van der Waals surface area contributed by atoms with Crippen LogP contribution >= 0.6 is 24.0 Å². The van der Waals surface area contributed by atoms with Crippen LogP contribution in [0.15, 0.2) is 59.9 Å². The zero-order chi connectivity index (χ0) is 21.8. The normalized spacial score (nSPS) is 15.9. The molecule has 2 aliphatic rings. The third kappa shape index (κ3) is 5.38. The van der Waals surface area contributed by atoms with Gasteiger partial charge in [0.25, 0.3) is 0 Å². The first kappa shape index (κ1) is 23.3. The first-order valence-corrected chi connectivity index (χ1v) is 10.8. The van der Waals surface area contributed by atoms with Crippen molar-refractivity contribution in [2.75, 3.05) is 40.0 Å². The van der Waals surface area contributed by atoms with Crippen LogP contribution < -0.4 is 14.8 Å². The van der Waals surface area contributed by atoms with Gasteiger partial charge in [-0.1, -0.05) is 24.3 Å². The van der Waals surface area contributed by atoms with E-state index in [0.717, 1.165) is 61.7 Å². The van der Waals surface area contributed by atoms with Gasteiger partial charge in [0, 0.05) is 45.5 Å². The van der Waals surface area contributed by atoms with Gasteiger partial charge < -0.3 is 19.7 Å². The molecule has 5 rings (SSSR count). The lowest BCUT2D eigenvalue weighted by atomic mass is 10.1. The number of nitrogens with zero attached hydrogens (tertiary/aromatic N) is 6. The van der Waals surface area contributed by atoms with Crippen LogP contribution in [0.1, 0.15) is 11.4 Å². The number of aliphatic imine (C=N–C) groups is 1. The number of guanidine groups is 1. The highest BCUT2D eigenvalue weighted by molar-refractivity contribution is 14.0. The van der Waals surface area contributed by atoms with E-state index in [-0.39, 0.29) is 24.0 Å². The third-order valence-electron chi connectivity index (χ3n) is 5.78. The average Bonchev–Trinajstić information content (AvgIpc) is 3.50. The van der Waals surface area contributed by atoms with Crippen molar-refractivity contribution in [1.82, 2.24) is 29.9 Å². The summed E-state index contributed by atoms with van der Waals surface area (Å²) in [5, 5.41) is 11.8. The number of piperazine rings is 1. The van der Waals surface area contributed by atoms with Crippen molar-refractivity contribution in [1.29, 1.82) is 0 Å². The second-order valence-electron chi connectivity index (χ2n) is 7.80. The van der Waals surface area contributed by atoms with Crippen LogP contribution in [-0.4, -0.2) is 70.5 Å². The molecule has 10 heteroatoms. The predicted octanol–water partition coefficient (Wildman–Crippen LogP) is 2.51. The van der Waals surface area contributed by atoms with E-state index in [1.807, 2.05) is 48.0 Å². The fourth-order valence-electron chi connectivity index (χ4n) is 4.09. The molecule has 0 amide bonds. The average molecular weight is 561 g/mol. The van der Waals surface area contributed by atoms with Crippen molar-refractivity contribution < 1.29 is 9.47 Å². The summed E-state index contributed by atoms with van der Waals surface area (Å²) in [7, 11) is 1.82. The summed E-state index contributed by atoms with van der Waals surface area (Å²) < 4.78 is 12.9. The minimum absolute atomic E-state index is 0. The Morgan fingerprint density at radius 3 is 2.61 bits per heavy atom. The first-order chi connectivity index (χ1) is 15.8. The lowest BCUT2D eigenvalue weighted by Gasteiger charge is -2.36. The molecular weight excluding hydrogens is 533 g/mol. The minimum Gasteiger partial charge on any atom is -0.454 e. The fraction of sp³-hybridized carbons (Fsp3) is 0.348. The predicted molar refractivity (Wildman–Crippen MR) is 136 cm³/mol. The molecule has 0 atom stereocenters. The van der Waals surface area contributed by atoms with Crippen LogP contribution in [0.2, 0.25) is 0 Å². The van der Waals surface area contributed by atoms with Gasteiger partial charge in [-0.15, -0.1) is 34.2 Å². The second-order valence-corrected chi connectivity index (χ2v) is 7.80. The van der Waals surface area contributed by atoms with Gasteiger partial charge >= 0.3 is 0 Å². The van der Waals surface area contributed by atoms with E-state index < -0.39 is 0 Å². The van der Waals surface area contributed by atoms with Gasteiger partial charge in [0.05, 0.1) is 6.54 Å². The Bertz CT molecular complexity index is 1080. The number of para-hydroxylation sites is 1. The van der Waals surface area contributed by atoms with Gasteiger partial charge in [-0.25, -0.2) is 0 Å². The molecule has 2 aliphatic heterocycles. The Kier molecular flexibility index (Phi) is 7.65. The van der Waals surface area contributed by atoms with Gasteiger partial charge in [0.1, 0.15) is 6.33 Å². The number of benzene rings is 2. The summed E-state index contributed by atoms with van der Waals surface area (Å²) in [6, 6.07) is 16.3. The molecule has 1 N–H and O–H groups in total. The van der Waals surface area contributed by atoms with E-state index in [1.54, 1.807) is 6.33 Å². The molecule has 0 bridgehead atoms. The number of hydrogen-bond donors (Lipinski definition) is 1. The number of ether oxygens (including phenoxy) is 2. The summed E-state index contributed by atoms with van der Waals surface area (Å²) in [5.41, 5.74) is 2.28. The standard InChI is InChI=1S/C23H27N7O2.HI/c1-24-23(25-14-22-27-26-16-30(22)19-5-3-2-4-6-19)29-11-9-28(10-12-29)15-18-7-8-20-21(13-18)32-17-31-20;/h2-8,13,16H,9-12,14-15,17H2,1H3,(H,24,25);1H.